The Morgan fingerprint density at radius 2 is 1.81 bits per heavy atom. The first-order valence-corrected chi connectivity index (χ1v) is 12.9. The lowest BCUT2D eigenvalue weighted by molar-refractivity contribution is -0.134. The molecule has 2 aromatic rings. The molecule has 0 radical (unpaired) electrons. The molecule has 1 aliphatic rings. The van der Waals surface area contributed by atoms with Crippen molar-refractivity contribution in [2.45, 2.75) is 42.7 Å². The van der Waals surface area contributed by atoms with E-state index in [1.165, 1.54) is 11.9 Å². The molecule has 0 saturated carbocycles. The van der Waals surface area contributed by atoms with E-state index in [0.717, 1.165) is 10.5 Å². The highest BCUT2D eigenvalue weighted by Crippen LogP contribution is 2.22. The number of benzene rings is 2. The van der Waals surface area contributed by atoms with Gasteiger partial charge in [0.15, 0.2) is 0 Å². The number of likely N-dealkylation sites (tertiary alicyclic amines) is 1. The summed E-state index contributed by atoms with van der Waals surface area (Å²) in [5.41, 5.74) is 18.4. The number of carbonyl (C=O) groups is 3. The number of hydrogen-bond donors (Lipinski definition) is 7. The van der Waals surface area contributed by atoms with Gasteiger partial charge in [-0.3, -0.25) is 15.0 Å². The van der Waals surface area contributed by atoms with E-state index in [1.807, 2.05) is 36.4 Å². The molecule has 0 aliphatic carbocycles. The zero-order chi connectivity index (χ0) is 26.8. The molecule has 198 valence electrons. The highest BCUT2D eigenvalue weighted by Gasteiger charge is 2.29. The molecule has 0 spiro atoms. The fraction of sp³-hybridized carbons (Fsp3) is 0.360. The summed E-state index contributed by atoms with van der Waals surface area (Å²) in [4.78, 5) is 39.2. The van der Waals surface area contributed by atoms with Crippen LogP contribution in [0, 0.1) is 5.41 Å². The van der Waals surface area contributed by atoms with Crippen LogP contribution in [0.25, 0.3) is 0 Å². The van der Waals surface area contributed by atoms with Gasteiger partial charge in [-0.05, 0) is 61.0 Å². The van der Waals surface area contributed by atoms with Gasteiger partial charge < -0.3 is 32.7 Å². The molecule has 11 nitrogen and oxygen atoms in total. The van der Waals surface area contributed by atoms with Crippen LogP contribution in [-0.4, -0.2) is 60.3 Å². The number of nitrogen functional groups attached to an aromatic ring is 1. The van der Waals surface area contributed by atoms with Crippen LogP contribution in [0.3, 0.4) is 0 Å². The number of urea groups is 1. The number of nitrogens with zero attached hydrogens (tertiary/aromatic N) is 1. The molecule has 1 aliphatic heterocycles. The van der Waals surface area contributed by atoms with Crippen LogP contribution in [0.2, 0.25) is 0 Å². The second kappa shape index (κ2) is 13.6. The van der Waals surface area contributed by atoms with Crippen molar-refractivity contribution >= 4 is 41.3 Å². The van der Waals surface area contributed by atoms with Crippen molar-refractivity contribution in [2.75, 3.05) is 25.0 Å². The number of rotatable bonds is 11. The number of nitrogens with two attached hydrogens (primary N) is 3. The molecule has 1 unspecified atom stereocenters. The van der Waals surface area contributed by atoms with Gasteiger partial charge in [-0.1, -0.05) is 24.3 Å². The van der Waals surface area contributed by atoms with E-state index in [9.17, 15) is 14.4 Å². The fourth-order valence-electron chi connectivity index (χ4n) is 4.08. The van der Waals surface area contributed by atoms with E-state index < -0.39 is 12.1 Å². The summed E-state index contributed by atoms with van der Waals surface area (Å²) in [6.45, 7) is 1.28. The van der Waals surface area contributed by atoms with Crippen molar-refractivity contribution in [1.82, 2.24) is 14.9 Å². The summed E-state index contributed by atoms with van der Waals surface area (Å²) in [5, 5.41) is 13.2. The minimum Gasteiger partial charge on any atom is -0.384 e. The van der Waals surface area contributed by atoms with Crippen LogP contribution >= 0.6 is 11.9 Å². The molecule has 10 N–H and O–H groups in total. The number of amidine groups is 1. The predicted octanol–water partition coefficient (Wildman–Crippen LogP) is 1.13. The van der Waals surface area contributed by atoms with Crippen LogP contribution in [0.4, 0.5) is 10.5 Å². The molecule has 1 fully saturated rings. The Labute approximate surface area is 220 Å². The van der Waals surface area contributed by atoms with E-state index in [2.05, 4.69) is 15.4 Å². The van der Waals surface area contributed by atoms with Gasteiger partial charge in [0, 0.05) is 48.2 Å². The number of amides is 4. The SMILES string of the molecule is N=C(N)c1cccc(CC(NSc2cccc(NC(=O)CCN)c2)C(=O)N2CCC(NC(N)=O)CC2)c1. The van der Waals surface area contributed by atoms with Crippen LogP contribution in [-0.2, 0) is 16.0 Å². The van der Waals surface area contributed by atoms with E-state index in [-0.39, 0.29) is 36.7 Å². The third-order valence-corrected chi connectivity index (χ3v) is 6.83. The van der Waals surface area contributed by atoms with Crippen molar-refractivity contribution in [3.63, 3.8) is 0 Å². The molecular weight excluding hydrogens is 492 g/mol. The quantitative estimate of drug-likeness (QED) is 0.129. The molecular formula is C25H34N8O3S. The summed E-state index contributed by atoms with van der Waals surface area (Å²) in [6.07, 6.45) is 1.87. The predicted molar refractivity (Wildman–Crippen MR) is 145 cm³/mol. The topological polar surface area (TPSA) is 192 Å². The van der Waals surface area contributed by atoms with Gasteiger partial charge in [0.25, 0.3) is 0 Å². The highest BCUT2D eigenvalue weighted by atomic mass is 32.2. The zero-order valence-electron chi connectivity index (χ0n) is 20.5. The van der Waals surface area contributed by atoms with E-state index in [0.29, 0.717) is 43.6 Å². The normalized spacial score (nSPS) is 14.6. The molecule has 3 rings (SSSR count). The molecule has 1 atom stereocenters. The lowest BCUT2D eigenvalue weighted by Gasteiger charge is -2.34. The summed E-state index contributed by atoms with van der Waals surface area (Å²) in [5.74, 6) is -0.263. The number of nitrogens with one attached hydrogen (secondary N) is 4. The average Bonchev–Trinajstić information content (AvgIpc) is 2.87. The van der Waals surface area contributed by atoms with Crippen molar-refractivity contribution in [3.05, 3.63) is 59.7 Å². The molecule has 4 amide bonds. The summed E-state index contributed by atoms with van der Waals surface area (Å²) < 4.78 is 3.30. The third kappa shape index (κ3) is 8.77. The largest absolute Gasteiger partial charge is 0.384 e. The second-order valence-corrected chi connectivity index (χ2v) is 9.72. The van der Waals surface area contributed by atoms with Crippen LogP contribution in [0.5, 0.6) is 0 Å². The maximum atomic E-state index is 13.6. The Morgan fingerprint density at radius 3 is 2.49 bits per heavy atom. The lowest BCUT2D eigenvalue weighted by Crippen LogP contribution is -2.52. The monoisotopic (exact) mass is 526 g/mol. The highest BCUT2D eigenvalue weighted by molar-refractivity contribution is 7.97. The number of carbonyl (C=O) groups excluding carboxylic acids is 3. The van der Waals surface area contributed by atoms with E-state index in [4.69, 9.17) is 22.6 Å². The maximum Gasteiger partial charge on any atom is 0.312 e. The van der Waals surface area contributed by atoms with Crippen LogP contribution in [0.15, 0.2) is 53.4 Å². The van der Waals surface area contributed by atoms with Gasteiger partial charge in [-0.25, -0.2) is 9.52 Å². The zero-order valence-corrected chi connectivity index (χ0v) is 21.4. The first kappa shape index (κ1) is 28.0. The number of hydrogen-bond acceptors (Lipinski definition) is 7. The molecule has 0 aromatic heterocycles. The first-order chi connectivity index (χ1) is 17.7. The van der Waals surface area contributed by atoms with Crippen molar-refractivity contribution in [3.8, 4) is 0 Å². The number of primary amides is 1. The van der Waals surface area contributed by atoms with E-state index in [1.54, 1.807) is 17.0 Å². The Morgan fingerprint density at radius 1 is 1.08 bits per heavy atom. The second-order valence-electron chi connectivity index (χ2n) is 8.81. The number of anilines is 1. The van der Waals surface area contributed by atoms with Gasteiger partial charge in [-0.15, -0.1) is 0 Å². The van der Waals surface area contributed by atoms with Crippen LogP contribution in [0.1, 0.15) is 30.4 Å². The van der Waals surface area contributed by atoms with Gasteiger partial charge in [0.1, 0.15) is 11.9 Å². The molecule has 1 heterocycles. The minimum absolute atomic E-state index is 0.0374. The molecule has 12 heteroatoms. The Bertz CT molecular complexity index is 1120. The molecule has 1 saturated heterocycles. The van der Waals surface area contributed by atoms with Crippen molar-refractivity contribution < 1.29 is 14.4 Å². The van der Waals surface area contributed by atoms with Gasteiger partial charge in [0.2, 0.25) is 11.8 Å². The van der Waals surface area contributed by atoms with Crippen LogP contribution < -0.4 is 32.6 Å². The maximum absolute atomic E-state index is 13.6. The number of piperidine rings is 1. The molecule has 2 aromatic carbocycles. The first-order valence-electron chi connectivity index (χ1n) is 12.1. The Balaban J connectivity index is 1.72. The average molecular weight is 527 g/mol. The standard InChI is InChI=1S/C25H34N8O3S/c26-10-7-22(34)30-19-5-2-6-20(15-19)37-32-21(14-16-3-1-4-17(13-16)23(27)28)24(35)33-11-8-18(9-12-33)31-25(29)36/h1-6,13,15,18,21,32H,7-12,14,26H2,(H3,27,28)(H,30,34)(H3,29,31,36). The van der Waals surface area contributed by atoms with Crippen molar-refractivity contribution in [1.29, 1.82) is 5.41 Å². The van der Waals surface area contributed by atoms with Gasteiger partial charge in [-0.2, -0.15) is 0 Å². The van der Waals surface area contributed by atoms with E-state index >= 15 is 0 Å². The molecule has 0 bridgehead atoms. The summed E-state index contributed by atoms with van der Waals surface area (Å²) >= 11 is 1.30. The Kier molecular flexibility index (Phi) is 10.3. The minimum atomic E-state index is -0.566. The Hall–Kier alpha value is -3.61. The molecule has 37 heavy (non-hydrogen) atoms. The third-order valence-electron chi connectivity index (χ3n) is 5.94. The smallest absolute Gasteiger partial charge is 0.312 e. The van der Waals surface area contributed by atoms with Gasteiger partial charge >= 0.3 is 6.03 Å². The lowest BCUT2D eigenvalue weighted by atomic mass is 10.0. The van der Waals surface area contributed by atoms with Crippen molar-refractivity contribution in [2.24, 2.45) is 17.2 Å². The summed E-state index contributed by atoms with van der Waals surface area (Å²) in [6, 6.07) is 13.4. The fourth-order valence-corrected chi connectivity index (χ4v) is 4.87. The van der Waals surface area contributed by atoms with Gasteiger partial charge in [0.05, 0.1) is 0 Å². The summed E-state index contributed by atoms with van der Waals surface area (Å²) in [7, 11) is 0.